The maximum Gasteiger partial charge on any atom is 0.256 e. The Hall–Kier alpha value is -2.95. The summed E-state index contributed by atoms with van der Waals surface area (Å²) in [5.74, 6) is 1.05. The zero-order valence-electron chi connectivity index (χ0n) is 18.0. The highest BCUT2D eigenvalue weighted by atomic mass is 16.5. The highest BCUT2D eigenvalue weighted by Gasteiger charge is 2.57. The van der Waals surface area contributed by atoms with E-state index in [1.807, 2.05) is 29.2 Å². The fraction of sp³-hybridized carbons (Fsp3) is 0.400. The Balaban J connectivity index is 1.62. The highest BCUT2D eigenvalue weighted by Crippen LogP contribution is 2.57. The number of phenols is 1. The number of hydrogen-bond acceptors (Lipinski definition) is 3. The zero-order chi connectivity index (χ0) is 21.3. The largest absolute Gasteiger partial charge is 0.508 e. The van der Waals surface area contributed by atoms with Crippen molar-refractivity contribution in [2.45, 2.75) is 45.1 Å². The maximum atomic E-state index is 13.8. The lowest BCUT2D eigenvalue weighted by Crippen LogP contribution is -2.64. The molecule has 2 atom stereocenters. The van der Waals surface area contributed by atoms with Crippen LogP contribution >= 0.6 is 0 Å². The number of nitrogens with one attached hydrogen (secondary N) is 1. The summed E-state index contributed by atoms with van der Waals surface area (Å²) in [6, 6.07) is 11.6. The van der Waals surface area contributed by atoms with E-state index >= 15 is 0 Å². The van der Waals surface area contributed by atoms with Gasteiger partial charge < -0.3 is 19.7 Å². The third-order valence-corrected chi connectivity index (χ3v) is 8.01. The lowest BCUT2D eigenvalue weighted by Gasteiger charge is -2.60. The number of aromatic amines is 1. The van der Waals surface area contributed by atoms with Gasteiger partial charge in [-0.15, -0.1) is 0 Å². The van der Waals surface area contributed by atoms with Gasteiger partial charge in [0.1, 0.15) is 11.5 Å². The number of rotatable bonds is 2. The first-order chi connectivity index (χ1) is 14.3. The molecule has 0 radical (unpaired) electrons. The average molecular weight is 405 g/mol. The molecule has 0 saturated carbocycles. The molecule has 156 valence electrons. The van der Waals surface area contributed by atoms with Gasteiger partial charge in [0.25, 0.3) is 5.91 Å². The number of aromatic nitrogens is 1. The van der Waals surface area contributed by atoms with Crippen LogP contribution in [0.4, 0.5) is 0 Å². The molecule has 2 aliphatic rings. The molecule has 2 bridgehead atoms. The summed E-state index contributed by atoms with van der Waals surface area (Å²) < 4.78 is 5.54. The van der Waals surface area contributed by atoms with Gasteiger partial charge in [-0.25, -0.2) is 0 Å². The Kier molecular flexibility index (Phi) is 3.98. The van der Waals surface area contributed by atoms with E-state index in [0.29, 0.717) is 30.0 Å². The highest BCUT2D eigenvalue weighted by molar-refractivity contribution is 6.09. The molecule has 5 nitrogen and oxygen atoms in total. The van der Waals surface area contributed by atoms with Crippen molar-refractivity contribution < 1.29 is 14.6 Å². The Morgan fingerprint density at radius 3 is 2.73 bits per heavy atom. The van der Waals surface area contributed by atoms with Crippen molar-refractivity contribution >= 4 is 16.8 Å². The van der Waals surface area contributed by atoms with Crippen LogP contribution in [-0.2, 0) is 11.8 Å². The van der Waals surface area contributed by atoms with Gasteiger partial charge in [-0.3, -0.25) is 4.79 Å². The summed E-state index contributed by atoms with van der Waals surface area (Å²) in [6.45, 7) is 7.51. The first-order valence-electron chi connectivity index (χ1n) is 10.6. The number of amides is 1. The molecule has 5 rings (SSSR count). The van der Waals surface area contributed by atoms with E-state index in [0.717, 1.165) is 22.9 Å². The molecule has 1 aliphatic heterocycles. The molecule has 30 heavy (non-hydrogen) atoms. The molecule has 5 heteroatoms. The molecule has 3 aromatic rings. The van der Waals surface area contributed by atoms with Crippen LogP contribution in [0.3, 0.4) is 0 Å². The van der Waals surface area contributed by atoms with E-state index in [-0.39, 0.29) is 22.8 Å². The van der Waals surface area contributed by atoms with E-state index in [9.17, 15) is 9.90 Å². The van der Waals surface area contributed by atoms with Gasteiger partial charge in [-0.05, 0) is 47.6 Å². The number of H-pyrrole nitrogens is 1. The first kappa shape index (κ1) is 19.0. The maximum absolute atomic E-state index is 13.8. The van der Waals surface area contributed by atoms with Gasteiger partial charge in [0.15, 0.2) is 0 Å². The number of phenolic OH excluding ortho intramolecular Hbond substituents is 1. The van der Waals surface area contributed by atoms with Crippen molar-refractivity contribution in [3.63, 3.8) is 0 Å². The monoisotopic (exact) mass is 404 g/mol. The molecule has 2 aromatic carbocycles. The number of benzene rings is 2. The number of aromatic hydroxyl groups is 1. The molecule has 2 N–H and O–H groups in total. The van der Waals surface area contributed by atoms with Crippen molar-refractivity contribution in [1.82, 2.24) is 9.88 Å². The Morgan fingerprint density at radius 1 is 1.20 bits per heavy atom. The number of methoxy groups -OCH3 is 1. The number of piperidine rings is 1. The molecular weight excluding hydrogens is 376 g/mol. The van der Waals surface area contributed by atoms with Crippen LogP contribution in [0.1, 0.15) is 48.7 Å². The Morgan fingerprint density at radius 2 is 1.97 bits per heavy atom. The minimum absolute atomic E-state index is 0.00390. The molecule has 1 aliphatic carbocycles. The number of nitrogens with zero attached hydrogens (tertiary/aromatic N) is 1. The predicted octanol–water partition coefficient (Wildman–Crippen LogP) is 4.64. The molecular formula is C25H28N2O3. The molecule has 1 fully saturated rings. The topological polar surface area (TPSA) is 65.6 Å². The van der Waals surface area contributed by atoms with Crippen molar-refractivity contribution in [3.05, 3.63) is 59.3 Å². The molecule has 2 heterocycles. The minimum atomic E-state index is -0.127. The zero-order valence-corrected chi connectivity index (χ0v) is 18.0. The Labute approximate surface area is 176 Å². The lowest BCUT2D eigenvalue weighted by atomic mass is 9.51. The van der Waals surface area contributed by atoms with Gasteiger partial charge in [0, 0.05) is 29.7 Å². The van der Waals surface area contributed by atoms with E-state index in [1.165, 1.54) is 5.56 Å². The molecule has 0 unspecified atom stereocenters. The normalized spacial score (nSPS) is 24.5. The van der Waals surface area contributed by atoms with Crippen molar-refractivity contribution in [1.29, 1.82) is 0 Å². The lowest BCUT2D eigenvalue weighted by molar-refractivity contribution is -0.0265. The summed E-state index contributed by atoms with van der Waals surface area (Å²) in [5, 5.41) is 11.4. The summed E-state index contributed by atoms with van der Waals surface area (Å²) >= 11 is 0. The predicted molar refractivity (Wildman–Crippen MR) is 117 cm³/mol. The average Bonchev–Trinajstić information content (AvgIpc) is 3.15. The van der Waals surface area contributed by atoms with E-state index in [4.69, 9.17) is 4.74 Å². The van der Waals surface area contributed by atoms with Crippen molar-refractivity contribution in [2.75, 3.05) is 13.7 Å². The fourth-order valence-electron chi connectivity index (χ4n) is 5.81. The number of carbonyl (C=O) groups is 1. The third-order valence-electron chi connectivity index (χ3n) is 8.01. The summed E-state index contributed by atoms with van der Waals surface area (Å²) in [7, 11) is 1.63. The van der Waals surface area contributed by atoms with Crippen molar-refractivity contribution in [2.24, 2.45) is 5.41 Å². The quantitative estimate of drug-likeness (QED) is 0.654. The van der Waals surface area contributed by atoms with Gasteiger partial charge >= 0.3 is 0 Å². The number of fused-ring (bicyclic) bond motifs is 5. The number of likely N-dealkylation sites (tertiary alicyclic amines) is 1. The van der Waals surface area contributed by atoms with Crippen LogP contribution in [0.15, 0.2) is 42.6 Å². The minimum Gasteiger partial charge on any atom is -0.508 e. The SMILES string of the molecule is COc1cccc2[nH]cc(C(=O)N3CC[C@@]4(C)c5cccc(O)c5C[C@@H]3C4(C)C)c12. The van der Waals surface area contributed by atoms with E-state index < -0.39 is 0 Å². The van der Waals surface area contributed by atoms with Crippen LogP contribution in [0.5, 0.6) is 11.5 Å². The second-order valence-corrected chi connectivity index (χ2v) is 9.41. The van der Waals surface area contributed by atoms with Crippen LogP contribution < -0.4 is 4.74 Å². The summed E-state index contributed by atoms with van der Waals surface area (Å²) in [6.07, 6.45) is 3.32. The van der Waals surface area contributed by atoms with Gasteiger partial charge in [-0.1, -0.05) is 39.0 Å². The molecule has 1 aromatic heterocycles. The number of ether oxygens (including phenoxy) is 1. The second kappa shape index (κ2) is 6.27. The molecule has 1 amide bonds. The van der Waals surface area contributed by atoms with Crippen LogP contribution in [0.2, 0.25) is 0 Å². The van der Waals surface area contributed by atoms with Gasteiger partial charge in [0.05, 0.1) is 18.1 Å². The fourth-order valence-corrected chi connectivity index (χ4v) is 5.81. The van der Waals surface area contributed by atoms with Crippen LogP contribution in [-0.4, -0.2) is 40.6 Å². The number of carbonyl (C=O) groups excluding carboxylic acids is 1. The summed E-state index contributed by atoms with van der Waals surface area (Å²) in [4.78, 5) is 19.1. The first-order valence-corrected chi connectivity index (χ1v) is 10.6. The molecule has 0 spiro atoms. The van der Waals surface area contributed by atoms with Gasteiger partial charge in [0.2, 0.25) is 0 Å². The molecule has 1 saturated heterocycles. The smallest absolute Gasteiger partial charge is 0.256 e. The summed E-state index contributed by atoms with van der Waals surface area (Å²) in [5.41, 5.74) is 3.52. The van der Waals surface area contributed by atoms with E-state index in [2.05, 4.69) is 31.8 Å². The number of hydrogen-bond donors (Lipinski definition) is 2. The van der Waals surface area contributed by atoms with Crippen LogP contribution in [0.25, 0.3) is 10.9 Å². The van der Waals surface area contributed by atoms with Gasteiger partial charge in [-0.2, -0.15) is 0 Å². The standard InChI is InChI=1S/C25H28N2O3/c1-24(2)21-13-15-17(7-5-9-19(15)28)25(24,3)11-12-27(21)23(29)16-14-26-18-8-6-10-20(30-4)22(16)18/h5-10,14,21,26,28H,11-13H2,1-4H3/t21-,25+/m1/s1. The van der Waals surface area contributed by atoms with Crippen molar-refractivity contribution in [3.8, 4) is 11.5 Å². The van der Waals surface area contributed by atoms with Crippen LogP contribution in [0, 0.1) is 5.41 Å². The second-order valence-electron chi connectivity index (χ2n) is 9.41. The van der Waals surface area contributed by atoms with E-state index in [1.54, 1.807) is 19.4 Å². The third kappa shape index (κ3) is 2.32. The Bertz CT molecular complexity index is 1160.